The van der Waals surface area contributed by atoms with Crippen LogP contribution in [0.4, 0.5) is 32.8 Å². The maximum Gasteiger partial charge on any atom is 0.150 e. The third-order valence-electron chi connectivity index (χ3n) is 2.83. The van der Waals surface area contributed by atoms with E-state index in [0.717, 1.165) is 11.4 Å². The van der Waals surface area contributed by atoms with Gasteiger partial charge in [0.15, 0.2) is 0 Å². The van der Waals surface area contributed by atoms with Gasteiger partial charge in [-0.2, -0.15) is 0 Å². The zero-order valence-electron chi connectivity index (χ0n) is 10.9. The Labute approximate surface area is 111 Å². The van der Waals surface area contributed by atoms with Crippen molar-refractivity contribution in [3.05, 3.63) is 42.2 Å². The number of halogens is 1. The molecule has 0 fully saturated rings. The van der Waals surface area contributed by atoms with Gasteiger partial charge in [0.2, 0.25) is 0 Å². The van der Waals surface area contributed by atoms with Crippen molar-refractivity contribution in [2.75, 3.05) is 35.8 Å². The molecule has 5 N–H and O–H groups in total. The second kappa shape index (κ2) is 5.06. The minimum atomic E-state index is -0.521. The quantitative estimate of drug-likeness (QED) is 0.742. The lowest BCUT2D eigenvalue weighted by molar-refractivity contribution is 0.633. The van der Waals surface area contributed by atoms with Gasteiger partial charge < -0.3 is 21.7 Å². The summed E-state index contributed by atoms with van der Waals surface area (Å²) in [4.78, 5) is 2.00. The lowest BCUT2D eigenvalue weighted by Crippen LogP contribution is -2.08. The average molecular weight is 260 g/mol. The third-order valence-corrected chi connectivity index (χ3v) is 2.83. The molecule has 0 amide bonds. The van der Waals surface area contributed by atoms with Crippen LogP contribution in [0, 0.1) is 5.82 Å². The molecule has 0 saturated carbocycles. The largest absolute Gasteiger partial charge is 0.397 e. The maximum atomic E-state index is 13.5. The second-order valence-electron chi connectivity index (χ2n) is 4.53. The second-order valence-corrected chi connectivity index (χ2v) is 4.53. The minimum absolute atomic E-state index is 0.0199. The Morgan fingerprint density at radius 2 is 1.63 bits per heavy atom. The number of nitrogen functional groups attached to an aromatic ring is 2. The van der Waals surface area contributed by atoms with E-state index in [4.69, 9.17) is 11.5 Å². The van der Waals surface area contributed by atoms with Gasteiger partial charge in [0.1, 0.15) is 5.82 Å². The Morgan fingerprint density at radius 3 is 2.16 bits per heavy atom. The molecule has 19 heavy (non-hydrogen) atoms. The maximum absolute atomic E-state index is 13.5. The van der Waals surface area contributed by atoms with Crippen molar-refractivity contribution in [3.8, 4) is 0 Å². The first-order valence-electron chi connectivity index (χ1n) is 5.86. The van der Waals surface area contributed by atoms with Gasteiger partial charge in [-0.15, -0.1) is 0 Å². The summed E-state index contributed by atoms with van der Waals surface area (Å²) >= 11 is 0. The number of benzene rings is 2. The van der Waals surface area contributed by atoms with Gasteiger partial charge in [0.05, 0.1) is 11.4 Å². The highest BCUT2D eigenvalue weighted by Crippen LogP contribution is 2.27. The fraction of sp³-hybridized carbons (Fsp3) is 0.143. The van der Waals surface area contributed by atoms with Gasteiger partial charge in [-0.25, -0.2) is 4.39 Å². The van der Waals surface area contributed by atoms with E-state index in [-0.39, 0.29) is 11.4 Å². The van der Waals surface area contributed by atoms with Crippen molar-refractivity contribution in [1.82, 2.24) is 0 Å². The van der Waals surface area contributed by atoms with E-state index in [9.17, 15) is 4.39 Å². The van der Waals surface area contributed by atoms with Crippen LogP contribution in [0.15, 0.2) is 36.4 Å². The zero-order valence-corrected chi connectivity index (χ0v) is 10.9. The first kappa shape index (κ1) is 13.0. The lowest BCUT2D eigenvalue weighted by atomic mass is 10.2. The van der Waals surface area contributed by atoms with Gasteiger partial charge in [0.25, 0.3) is 0 Å². The summed E-state index contributed by atoms with van der Waals surface area (Å²) in [5, 5.41) is 3.08. The van der Waals surface area contributed by atoms with Crippen LogP contribution in [0.5, 0.6) is 0 Å². The van der Waals surface area contributed by atoms with E-state index in [0.29, 0.717) is 5.69 Å². The highest BCUT2D eigenvalue weighted by molar-refractivity contribution is 5.73. The van der Waals surface area contributed by atoms with Crippen LogP contribution in [-0.2, 0) is 0 Å². The van der Waals surface area contributed by atoms with Crippen LogP contribution in [0.3, 0.4) is 0 Å². The number of hydrogen-bond acceptors (Lipinski definition) is 4. The summed E-state index contributed by atoms with van der Waals surface area (Å²) in [6.07, 6.45) is 0. The Hall–Kier alpha value is -2.43. The molecule has 0 heterocycles. The lowest BCUT2D eigenvalue weighted by Gasteiger charge is -2.14. The number of nitrogens with zero attached hydrogens (tertiary/aromatic N) is 1. The molecule has 0 bridgehead atoms. The van der Waals surface area contributed by atoms with Gasteiger partial charge in [0, 0.05) is 31.2 Å². The third kappa shape index (κ3) is 2.88. The first-order chi connectivity index (χ1) is 8.97. The van der Waals surface area contributed by atoms with Crippen LogP contribution in [-0.4, -0.2) is 14.1 Å². The molecule has 0 unspecified atom stereocenters. The number of nitrogens with one attached hydrogen (secondary N) is 1. The van der Waals surface area contributed by atoms with Crippen molar-refractivity contribution in [1.29, 1.82) is 0 Å². The van der Waals surface area contributed by atoms with E-state index < -0.39 is 5.82 Å². The number of hydrogen-bond donors (Lipinski definition) is 3. The van der Waals surface area contributed by atoms with Gasteiger partial charge in [-0.3, -0.25) is 0 Å². The molecular formula is C14H17FN4. The number of nitrogens with two attached hydrogens (primary N) is 2. The van der Waals surface area contributed by atoms with Crippen molar-refractivity contribution >= 4 is 28.4 Å². The first-order valence-corrected chi connectivity index (χ1v) is 5.86. The number of anilines is 5. The van der Waals surface area contributed by atoms with Crippen LogP contribution in [0.2, 0.25) is 0 Å². The Bertz CT molecular complexity index is 555. The predicted molar refractivity (Wildman–Crippen MR) is 79.3 cm³/mol. The van der Waals surface area contributed by atoms with Gasteiger partial charge >= 0.3 is 0 Å². The fourth-order valence-corrected chi connectivity index (χ4v) is 1.72. The molecule has 0 aliphatic rings. The Morgan fingerprint density at radius 1 is 1.00 bits per heavy atom. The summed E-state index contributed by atoms with van der Waals surface area (Å²) < 4.78 is 13.5. The zero-order chi connectivity index (χ0) is 14.0. The van der Waals surface area contributed by atoms with Crippen molar-refractivity contribution in [2.24, 2.45) is 0 Å². The van der Waals surface area contributed by atoms with Crippen molar-refractivity contribution in [2.45, 2.75) is 0 Å². The summed E-state index contributed by atoms with van der Waals surface area (Å²) in [7, 11) is 3.94. The predicted octanol–water partition coefficient (Wildman–Crippen LogP) is 2.80. The SMILES string of the molecule is CN(C)c1ccc(Nc2cc(N)c(N)c(F)c2)cc1. The smallest absolute Gasteiger partial charge is 0.150 e. The molecule has 0 spiro atoms. The van der Waals surface area contributed by atoms with Crippen LogP contribution < -0.4 is 21.7 Å². The number of rotatable bonds is 3. The van der Waals surface area contributed by atoms with Gasteiger partial charge in [-0.05, 0) is 36.4 Å². The van der Waals surface area contributed by atoms with E-state index in [1.165, 1.54) is 6.07 Å². The minimum Gasteiger partial charge on any atom is -0.397 e. The average Bonchev–Trinajstić information content (AvgIpc) is 2.36. The summed E-state index contributed by atoms with van der Waals surface area (Å²) in [5.74, 6) is -0.521. The van der Waals surface area contributed by atoms with E-state index in [1.807, 2.05) is 43.3 Å². The molecule has 100 valence electrons. The van der Waals surface area contributed by atoms with Crippen LogP contribution in [0.25, 0.3) is 0 Å². The Kier molecular flexibility index (Phi) is 3.46. The molecule has 5 heteroatoms. The molecule has 0 aliphatic carbocycles. The highest BCUT2D eigenvalue weighted by atomic mass is 19.1. The molecule has 0 aliphatic heterocycles. The fourth-order valence-electron chi connectivity index (χ4n) is 1.72. The molecular weight excluding hydrogens is 243 g/mol. The normalized spacial score (nSPS) is 10.3. The van der Waals surface area contributed by atoms with Crippen LogP contribution >= 0.6 is 0 Å². The molecule has 2 aromatic rings. The van der Waals surface area contributed by atoms with E-state index >= 15 is 0 Å². The monoisotopic (exact) mass is 260 g/mol. The van der Waals surface area contributed by atoms with E-state index in [2.05, 4.69) is 5.32 Å². The highest BCUT2D eigenvalue weighted by Gasteiger charge is 2.05. The molecule has 4 nitrogen and oxygen atoms in total. The summed E-state index contributed by atoms with van der Waals surface area (Å²) in [6.45, 7) is 0. The van der Waals surface area contributed by atoms with Crippen LogP contribution in [0.1, 0.15) is 0 Å². The molecule has 0 atom stereocenters. The molecule has 0 saturated heterocycles. The standard InChI is InChI=1S/C14H17FN4/c1-19(2)11-5-3-9(4-6-11)18-10-7-12(15)14(17)13(16)8-10/h3-8,18H,16-17H2,1-2H3. The molecule has 0 radical (unpaired) electrons. The van der Waals surface area contributed by atoms with Crippen molar-refractivity contribution in [3.63, 3.8) is 0 Å². The summed E-state index contributed by atoms with van der Waals surface area (Å²) in [6, 6.07) is 10.7. The van der Waals surface area contributed by atoms with Crippen molar-refractivity contribution < 1.29 is 4.39 Å². The Balaban J connectivity index is 2.21. The molecule has 2 rings (SSSR count). The molecule has 0 aromatic heterocycles. The summed E-state index contributed by atoms with van der Waals surface area (Å²) in [5.41, 5.74) is 13.8. The van der Waals surface area contributed by atoms with E-state index in [1.54, 1.807) is 6.07 Å². The topological polar surface area (TPSA) is 67.3 Å². The van der Waals surface area contributed by atoms with Gasteiger partial charge in [-0.1, -0.05) is 0 Å². The molecule has 2 aromatic carbocycles.